The van der Waals surface area contributed by atoms with Crippen molar-refractivity contribution in [1.29, 1.82) is 0 Å². The number of ether oxygens (including phenoxy) is 1. The molecule has 24 heteroatoms. The molecule has 0 aromatic rings. The van der Waals surface area contributed by atoms with Crippen molar-refractivity contribution in [3.8, 4) is 0 Å². The van der Waals surface area contributed by atoms with Crippen molar-refractivity contribution in [2.45, 2.75) is 89.8 Å². The summed E-state index contributed by atoms with van der Waals surface area (Å²) in [7, 11) is 1.29. The Hall–Kier alpha value is -5.26. The summed E-state index contributed by atoms with van der Waals surface area (Å²) in [6.45, 7) is 5.76. The molecule has 2 aliphatic rings. The number of aliphatic carboxylic acids is 2. The van der Waals surface area contributed by atoms with Crippen LogP contribution in [0, 0.1) is 5.92 Å². The number of hydrogen-bond acceptors (Lipinski definition) is 13. The van der Waals surface area contributed by atoms with Crippen LogP contribution in [-0.2, 0) is 43.1 Å². The maximum atomic E-state index is 13.8. The number of hydrogen-bond donors (Lipinski definition) is 7. The van der Waals surface area contributed by atoms with Crippen molar-refractivity contribution in [1.82, 2.24) is 25.8 Å². The topological polar surface area (TPSA) is 281 Å². The number of ketones is 2. The van der Waals surface area contributed by atoms with Crippen molar-refractivity contribution in [2.75, 3.05) is 46.4 Å². The highest BCUT2D eigenvalue weighted by Crippen LogP contribution is 2.18. The number of nitrogens with one attached hydrogen (secondary N) is 3. The molecule has 0 bridgehead atoms. The largest absolute Gasteiger partial charge is 0.490 e. The number of carboxylic acid groups (broad SMARTS) is 2. The lowest BCUT2D eigenvalue weighted by molar-refractivity contribution is -0.193. The number of alkyl halides is 6. The van der Waals surface area contributed by atoms with Gasteiger partial charge in [0.25, 0.3) is 0 Å². The van der Waals surface area contributed by atoms with Gasteiger partial charge in [0.15, 0.2) is 11.6 Å². The zero-order chi connectivity index (χ0) is 45.0. The standard InChI is InChI=1S/C30H49N7O7.2C2HF3O2/c1-19(2)27(29(42)37-15-21(13-23(39)18-37)34-26(30(43)44-4)10-6-8-12-32)35-22-14-24(40)17-36(16-22)28(41)25(33-20(3)38)9-5-7-11-31;2*3-2(4,5)1(6)7/h13-14,19,25-27,34-35H,5-12,15-18,31-32H2,1-4H3,(H,33,38);2*(H,6,7)/t25-,26-,27-;;/m0../s1. The van der Waals surface area contributed by atoms with Crippen LogP contribution in [0.25, 0.3) is 0 Å². The maximum absolute atomic E-state index is 13.8. The lowest BCUT2D eigenvalue weighted by atomic mass is 10.00. The molecule has 0 unspecified atom stereocenters. The van der Waals surface area contributed by atoms with Gasteiger partial charge in [-0.1, -0.05) is 13.8 Å². The first-order valence-corrected chi connectivity index (χ1v) is 17.7. The number of nitrogens with zero attached hydrogens (tertiary/aromatic N) is 2. The van der Waals surface area contributed by atoms with Gasteiger partial charge in [0.05, 0.1) is 33.3 Å². The third-order valence-corrected chi connectivity index (χ3v) is 7.88. The number of carboxylic acids is 2. The fourth-order valence-electron chi connectivity index (χ4n) is 5.19. The van der Waals surface area contributed by atoms with Crippen molar-refractivity contribution < 1.29 is 79.6 Å². The minimum absolute atomic E-state index is 0.0449. The summed E-state index contributed by atoms with van der Waals surface area (Å²) < 4.78 is 68.4. The zero-order valence-electron chi connectivity index (χ0n) is 32.3. The van der Waals surface area contributed by atoms with E-state index in [-0.39, 0.29) is 61.4 Å². The van der Waals surface area contributed by atoms with Crippen molar-refractivity contribution >= 4 is 47.2 Å². The average Bonchev–Trinajstić information content (AvgIpc) is 3.11. The summed E-state index contributed by atoms with van der Waals surface area (Å²) in [6, 6.07) is -2.30. The minimum atomic E-state index is -5.08. The summed E-state index contributed by atoms with van der Waals surface area (Å²) >= 11 is 0. The zero-order valence-corrected chi connectivity index (χ0v) is 32.3. The molecule has 3 amide bonds. The number of amides is 3. The smallest absolute Gasteiger partial charge is 0.475 e. The molecule has 0 saturated carbocycles. The molecule has 2 rings (SSSR count). The lowest BCUT2D eigenvalue weighted by Crippen LogP contribution is -2.56. The van der Waals surface area contributed by atoms with Crippen LogP contribution in [0.3, 0.4) is 0 Å². The van der Waals surface area contributed by atoms with E-state index in [0.717, 1.165) is 6.42 Å². The quantitative estimate of drug-likeness (QED) is 0.0591. The van der Waals surface area contributed by atoms with Crippen LogP contribution < -0.4 is 27.4 Å². The van der Waals surface area contributed by atoms with E-state index in [2.05, 4.69) is 16.0 Å². The summed E-state index contributed by atoms with van der Waals surface area (Å²) in [5.41, 5.74) is 12.0. The van der Waals surface area contributed by atoms with Crippen molar-refractivity contribution in [3.05, 3.63) is 23.5 Å². The summed E-state index contributed by atoms with van der Waals surface area (Å²) in [5, 5.41) is 23.1. The van der Waals surface area contributed by atoms with E-state index >= 15 is 0 Å². The average molecular weight is 848 g/mol. The molecule has 0 aromatic heterocycles. The number of carbonyl (C=O) groups is 8. The van der Waals surface area contributed by atoms with E-state index in [9.17, 15) is 55.1 Å². The highest BCUT2D eigenvalue weighted by Gasteiger charge is 2.39. The van der Waals surface area contributed by atoms with Crippen molar-refractivity contribution in [3.63, 3.8) is 0 Å². The van der Waals surface area contributed by atoms with Gasteiger partial charge in [-0.05, 0) is 57.5 Å². The predicted octanol–water partition coefficient (Wildman–Crippen LogP) is 0.352. The Labute approximate surface area is 329 Å². The van der Waals surface area contributed by atoms with Gasteiger partial charge >= 0.3 is 30.3 Å². The number of nitrogens with two attached hydrogens (primary N) is 2. The Morgan fingerprint density at radius 3 is 1.48 bits per heavy atom. The van der Waals surface area contributed by atoms with Gasteiger partial charge in [-0.25, -0.2) is 14.4 Å². The third kappa shape index (κ3) is 20.2. The minimum Gasteiger partial charge on any atom is -0.475 e. The molecule has 3 atom stereocenters. The van der Waals surface area contributed by atoms with Gasteiger partial charge in [0, 0.05) is 30.5 Å². The molecule has 0 aromatic carbocycles. The molecule has 0 aliphatic carbocycles. The van der Waals surface area contributed by atoms with Crippen LogP contribution in [0.1, 0.15) is 59.3 Å². The molecule has 2 aliphatic heterocycles. The van der Waals surface area contributed by atoms with E-state index < -0.39 is 48.4 Å². The van der Waals surface area contributed by atoms with E-state index in [1.54, 1.807) is 0 Å². The number of halogens is 6. The van der Waals surface area contributed by atoms with E-state index in [4.69, 9.17) is 36.0 Å². The van der Waals surface area contributed by atoms with Gasteiger partial charge in [0.1, 0.15) is 18.1 Å². The molecular formula is C34H51F6N7O11. The molecular weight excluding hydrogens is 796 g/mol. The number of esters is 1. The number of methoxy groups -OCH3 is 1. The molecule has 0 saturated heterocycles. The van der Waals surface area contributed by atoms with Crippen molar-refractivity contribution in [2.24, 2.45) is 17.4 Å². The summed E-state index contributed by atoms with van der Waals surface area (Å²) in [4.78, 5) is 97.1. The first-order chi connectivity index (χ1) is 26.8. The Morgan fingerprint density at radius 2 is 1.12 bits per heavy atom. The maximum Gasteiger partial charge on any atom is 0.490 e. The Kier molecular flexibility index (Phi) is 22.9. The fraction of sp³-hybridized carbons (Fsp3) is 0.647. The van der Waals surface area contributed by atoms with Gasteiger partial charge in [0.2, 0.25) is 17.7 Å². The van der Waals surface area contributed by atoms with Crippen LogP contribution in [0.4, 0.5) is 26.3 Å². The first-order valence-electron chi connectivity index (χ1n) is 17.7. The molecule has 18 nitrogen and oxygen atoms in total. The van der Waals surface area contributed by atoms with E-state index in [1.807, 2.05) is 13.8 Å². The Bertz CT molecular complexity index is 1500. The van der Waals surface area contributed by atoms with Gasteiger partial charge in [-0.2, -0.15) is 26.3 Å². The summed E-state index contributed by atoms with van der Waals surface area (Å²) in [6.07, 6.45) is -3.83. The third-order valence-electron chi connectivity index (χ3n) is 7.88. The highest BCUT2D eigenvalue weighted by atomic mass is 19.4. The second-order valence-electron chi connectivity index (χ2n) is 13.2. The molecule has 9 N–H and O–H groups in total. The van der Waals surface area contributed by atoms with Gasteiger partial charge in [-0.3, -0.25) is 24.0 Å². The Morgan fingerprint density at radius 1 is 0.724 bits per heavy atom. The molecule has 2 heterocycles. The monoisotopic (exact) mass is 847 g/mol. The van der Waals surface area contributed by atoms with E-state index in [1.165, 1.54) is 36.0 Å². The summed E-state index contributed by atoms with van der Waals surface area (Å²) in [5.74, 6) is -7.98. The highest BCUT2D eigenvalue weighted by molar-refractivity contribution is 5.99. The van der Waals surface area contributed by atoms with Crippen LogP contribution in [-0.4, -0.2) is 144 Å². The number of carbonyl (C=O) groups excluding carboxylic acids is 6. The number of rotatable bonds is 17. The number of unbranched alkanes of at least 4 members (excludes halogenated alkanes) is 2. The van der Waals surface area contributed by atoms with Gasteiger partial charge < -0.3 is 52.2 Å². The van der Waals surface area contributed by atoms with E-state index in [0.29, 0.717) is 56.6 Å². The SMILES string of the molecule is COC(=O)[C@H](CCCCN)NC1=CC(=O)CN(C(=O)[C@@H](NC2=CC(=O)CN(C(=O)[C@H](CCCCN)NC(C)=O)C2)C(C)C)C1.O=C(O)C(F)(F)F.O=C(O)C(F)(F)F. The molecule has 330 valence electrons. The Balaban J connectivity index is 0.00000197. The fourth-order valence-corrected chi connectivity index (χ4v) is 5.19. The van der Waals surface area contributed by atoms with Crippen LogP contribution in [0.15, 0.2) is 23.5 Å². The normalized spacial score (nSPS) is 15.9. The molecule has 0 radical (unpaired) electrons. The first kappa shape index (κ1) is 52.7. The lowest BCUT2D eigenvalue weighted by Gasteiger charge is -2.36. The molecule has 58 heavy (non-hydrogen) atoms. The molecule has 0 fully saturated rings. The van der Waals surface area contributed by atoms with Crippen LogP contribution in [0.2, 0.25) is 0 Å². The molecule has 0 spiro atoms. The van der Waals surface area contributed by atoms with Crippen LogP contribution >= 0.6 is 0 Å². The second-order valence-corrected chi connectivity index (χ2v) is 13.2. The van der Waals surface area contributed by atoms with Crippen LogP contribution in [0.5, 0.6) is 0 Å². The second kappa shape index (κ2) is 25.2. The predicted molar refractivity (Wildman–Crippen MR) is 191 cm³/mol. The van der Waals surface area contributed by atoms with Gasteiger partial charge in [-0.15, -0.1) is 0 Å².